The first-order chi connectivity index (χ1) is 10.8. The van der Waals surface area contributed by atoms with Gasteiger partial charge >= 0.3 is 0 Å². The van der Waals surface area contributed by atoms with Crippen molar-refractivity contribution in [1.82, 2.24) is 9.78 Å². The minimum Gasteiger partial charge on any atom is -0.280 e. The summed E-state index contributed by atoms with van der Waals surface area (Å²) in [7, 11) is -3.36. The van der Waals surface area contributed by atoms with E-state index in [0.717, 1.165) is 17.7 Å². The third kappa shape index (κ3) is 4.54. The number of sulfonamides is 1. The first-order valence-corrected chi connectivity index (χ1v) is 9.26. The number of halogens is 1. The zero-order chi connectivity index (χ0) is 17.0. The number of aryl methyl sites for hydroxylation is 1. The average molecular weight is 339 g/mol. The molecule has 1 heterocycles. The Labute approximate surface area is 136 Å². The van der Waals surface area contributed by atoms with Crippen molar-refractivity contribution in [3.63, 3.8) is 0 Å². The summed E-state index contributed by atoms with van der Waals surface area (Å²) in [5.74, 6) is -0.183. The summed E-state index contributed by atoms with van der Waals surface area (Å²) >= 11 is 0. The molecule has 1 aromatic heterocycles. The lowest BCUT2D eigenvalue weighted by molar-refractivity contribution is 0.597. The van der Waals surface area contributed by atoms with Crippen LogP contribution in [0.2, 0.25) is 0 Å². The number of nitrogens with one attached hydrogen (secondary N) is 1. The van der Waals surface area contributed by atoms with Gasteiger partial charge in [0.1, 0.15) is 5.82 Å². The van der Waals surface area contributed by atoms with Crippen LogP contribution in [0.5, 0.6) is 0 Å². The maximum atomic E-state index is 13.0. The van der Waals surface area contributed by atoms with Crippen LogP contribution in [0.1, 0.15) is 36.7 Å². The van der Waals surface area contributed by atoms with Gasteiger partial charge in [-0.2, -0.15) is 5.10 Å². The smallest absolute Gasteiger partial charge is 0.232 e. The summed E-state index contributed by atoms with van der Waals surface area (Å²) in [4.78, 5) is 0. The highest BCUT2D eigenvalue weighted by Gasteiger charge is 2.17. The van der Waals surface area contributed by atoms with Crippen molar-refractivity contribution >= 4 is 15.7 Å². The molecule has 1 aromatic carbocycles. The van der Waals surface area contributed by atoms with Crippen molar-refractivity contribution in [2.75, 3.05) is 10.5 Å². The quantitative estimate of drug-likeness (QED) is 0.842. The Bertz CT molecular complexity index is 767. The standard InChI is InChI=1S/C16H22FN3O2S/c1-4-5-10-23(21,22)19-16-12(2)18-20(13(16)3)11-14-6-8-15(17)9-7-14/h6-9,19H,4-5,10-11H2,1-3H3. The highest BCUT2D eigenvalue weighted by molar-refractivity contribution is 7.92. The van der Waals surface area contributed by atoms with Crippen LogP contribution >= 0.6 is 0 Å². The summed E-state index contributed by atoms with van der Waals surface area (Å²) < 4.78 is 41.5. The van der Waals surface area contributed by atoms with Gasteiger partial charge in [-0.15, -0.1) is 0 Å². The molecule has 126 valence electrons. The van der Waals surface area contributed by atoms with Gasteiger partial charge in [0, 0.05) is 0 Å². The SMILES string of the molecule is CCCCS(=O)(=O)Nc1c(C)nn(Cc2ccc(F)cc2)c1C. The van der Waals surface area contributed by atoms with Gasteiger partial charge in [0.15, 0.2) is 0 Å². The van der Waals surface area contributed by atoms with E-state index in [1.54, 1.807) is 23.7 Å². The Morgan fingerprint density at radius 3 is 2.48 bits per heavy atom. The first-order valence-electron chi connectivity index (χ1n) is 7.61. The van der Waals surface area contributed by atoms with Crippen LogP contribution in [-0.2, 0) is 16.6 Å². The van der Waals surface area contributed by atoms with Gasteiger partial charge in [-0.25, -0.2) is 12.8 Å². The monoisotopic (exact) mass is 339 g/mol. The van der Waals surface area contributed by atoms with Crippen LogP contribution in [0.3, 0.4) is 0 Å². The molecule has 0 fully saturated rings. The number of nitrogens with zero attached hydrogens (tertiary/aromatic N) is 2. The van der Waals surface area contributed by atoms with Crippen molar-refractivity contribution in [2.45, 2.75) is 40.2 Å². The van der Waals surface area contributed by atoms with E-state index in [9.17, 15) is 12.8 Å². The van der Waals surface area contributed by atoms with Gasteiger partial charge in [0.05, 0.1) is 29.4 Å². The fraction of sp³-hybridized carbons (Fsp3) is 0.438. The molecule has 1 N–H and O–H groups in total. The van der Waals surface area contributed by atoms with E-state index >= 15 is 0 Å². The second-order valence-electron chi connectivity index (χ2n) is 5.60. The predicted molar refractivity (Wildman–Crippen MR) is 89.5 cm³/mol. The van der Waals surface area contributed by atoms with Crippen LogP contribution in [0.15, 0.2) is 24.3 Å². The van der Waals surface area contributed by atoms with E-state index in [1.807, 2.05) is 13.8 Å². The largest absolute Gasteiger partial charge is 0.280 e. The van der Waals surface area contributed by atoms with E-state index in [-0.39, 0.29) is 11.6 Å². The number of benzene rings is 1. The summed E-state index contributed by atoms with van der Waals surface area (Å²) in [6.45, 7) is 6.00. The molecule has 2 rings (SSSR count). The van der Waals surface area contributed by atoms with Gasteiger partial charge in [0.25, 0.3) is 0 Å². The van der Waals surface area contributed by atoms with Crippen molar-refractivity contribution in [2.24, 2.45) is 0 Å². The lowest BCUT2D eigenvalue weighted by atomic mass is 10.2. The number of aromatic nitrogens is 2. The maximum absolute atomic E-state index is 13.0. The second kappa shape index (κ2) is 7.12. The third-order valence-electron chi connectivity index (χ3n) is 3.65. The molecule has 0 spiro atoms. The molecule has 0 aliphatic carbocycles. The molecule has 5 nitrogen and oxygen atoms in total. The number of hydrogen-bond donors (Lipinski definition) is 1. The summed E-state index contributed by atoms with van der Waals surface area (Å²) in [5.41, 5.74) is 2.80. The van der Waals surface area contributed by atoms with E-state index in [4.69, 9.17) is 0 Å². The average Bonchev–Trinajstić information content (AvgIpc) is 2.75. The number of anilines is 1. The normalized spacial score (nSPS) is 11.7. The topological polar surface area (TPSA) is 64.0 Å². The van der Waals surface area contributed by atoms with E-state index in [0.29, 0.717) is 24.3 Å². The van der Waals surface area contributed by atoms with Crippen LogP contribution in [-0.4, -0.2) is 24.0 Å². The van der Waals surface area contributed by atoms with Gasteiger partial charge in [-0.3, -0.25) is 9.40 Å². The highest BCUT2D eigenvalue weighted by atomic mass is 32.2. The molecule has 7 heteroatoms. The van der Waals surface area contributed by atoms with Crippen LogP contribution < -0.4 is 4.72 Å². The van der Waals surface area contributed by atoms with E-state index in [2.05, 4.69) is 9.82 Å². The molecular formula is C16H22FN3O2S. The van der Waals surface area contributed by atoms with Crippen LogP contribution in [0.25, 0.3) is 0 Å². The van der Waals surface area contributed by atoms with Crippen molar-refractivity contribution in [3.05, 3.63) is 47.0 Å². The number of unbranched alkanes of at least 4 members (excludes halogenated alkanes) is 1. The zero-order valence-corrected chi connectivity index (χ0v) is 14.5. The second-order valence-corrected chi connectivity index (χ2v) is 7.45. The van der Waals surface area contributed by atoms with Gasteiger partial charge in [0.2, 0.25) is 10.0 Å². The molecule has 0 bridgehead atoms. The van der Waals surface area contributed by atoms with Crippen LogP contribution in [0, 0.1) is 19.7 Å². The van der Waals surface area contributed by atoms with Crippen molar-refractivity contribution in [1.29, 1.82) is 0 Å². The summed E-state index contributed by atoms with van der Waals surface area (Å²) in [6, 6.07) is 6.18. The Balaban J connectivity index is 2.20. The molecule has 0 amide bonds. The lowest BCUT2D eigenvalue weighted by Crippen LogP contribution is -2.17. The van der Waals surface area contributed by atoms with E-state index < -0.39 is 10.0 Å². The Hall–Kier alpha value is -1.89. The minimum absolute atomic E-state index is 0.103. The predicted octanol–water partition coefficient (Wildman–Crippen LogP) is 3.23. The Morgan fingerprint density at radius 2 is 1.87 bits per heavy atom. The Kier molecular flexibility index (Phi) is 5.41. The molecule has 0 saturated carbocycles. The lowest BCUT2D eigenvalue weighted by Gasteiger charge is -2.09. The van der Waals surface area contributed by atoms with Crippen molar-refractivity contribution in [3.8, 4) is 0 Å². The summed E-state index contributed by atoms with van der Waals surface area (Å²) in [6.07, 6.45) is 1.44. The molecule has 0 aliphatic rings. The molecule has 2 aromatic rings. The maximum Gasteiger partial charge on any atom is 0.232 e. The third-order valence-corrected chi connectivity index (χ3v) is 4.99. The molecule has 0 aliphatic heterocycles. The number of rotatable bonds is 7. The fourth-order valence-corrected chi connectivity index (χ4v) is 3.68. The number of hydrogen-bond acceptors (Lipinski definition) is 3. The van der Waals surface area contributed by atoms with Crippen LogP contribution in [0.4, 0.5) is 10.1 Å². The van der Waals surface area contributed by atoms with Gasteiger partial charge < -0.3 is 0 Å². The highest BCUT2D eigenvalue weighted by Crippen LogP contribution is 2.22. The minimum atomic E-state index is -3.36. The molecule has 0 radical (unpaired) electrons. The molecule has 0 saturated heterocycles. The van der Waals surface area contributed by atoms with Gasteiger partial charge in [-0.1, -0.05) is 25.5 Å². The summed E-state index contributed by atoms with van der Waals surface area (Å²) in [5, 5.41) is 4.39. The zero-order valence-electron chi connectivity index (χ0n) is 13.6. The molecular weight excluding hydrogens is 317 g/mol. The molecule has 23 heavy (non-hydrogen) atoms. The molecule has 0 atom stereocenters. The fourth-order valence-electron chi connectivity index (χ4n) is 2.30. The first kappa shape index (κ1) is 17.5. The van der Waals surface area contributed by atoms with Crippen molar-refractivity contribution < 1.29 is 12.8 Å². The molecule has 0 unspecified atom stereocenters. The van der Waals surface area contributed by atoms with Gasteiger partial charge in [-0.05, 0) is 38.0 Å². The van der Waals surface area contributed by atoms with E-state index in [1.165, 1.54) is 12.1 Å². The Morgan fingerprint density at radius 1 is 1.22 bits per heavy atom.